The van der Waals surface area contributed by atoms with Crippen LogP contribution in [-0.4, -0.2) is 29.0 Å². The summed E-state index contributed by atoms with van der Waals surface area (Å²) in [6.07, 6.45) is 2.42. The average Bonchev–Trinajstić information content (AvgIpc) is 2.79. The molecule has 0 spiro atoms. The van der Waals surface area contributed by atoms with E-state index >= 15 is 0 Å². The number of thiophene rings is 1. The Hall–Kier alpha value is -1.49. The third-order valence-corrected chi connectivity index (χ3v) is 4.72. The fourth-order valence-electron chi connectivity index (χ4n) is 2.50. The van der Waals surface area contributed by atoms with Crippen LogP contribution in [0.25, 0.3) is 0 Å². The number of rotatable bonds is 2. The number of amides is 1. The van der Waals surface area contributed by atoms with Crippen molar-refractivity contribution < 1.29 is 4.79 Å². The van der Waals surface area contributed by atoms with Crippen LogP contribution in [0.3, 0.4) is 0 Å². The lowest BCUT2D eigenvalue weighted by Gasteiger charge is -2.17. The third-order valence-electron chi connectivity index (χ3n) is 3.60. The van der Waals surface area contributed by atoms with Gasteiger partial charge in [0.15, 0.2) is 0 Å². The molecule has 1 atom stereocenters. The fourth-order valence-corrected chi connectivity index (χ4v) is 3.49. The molecular formula is C14H17N3OS. The van der Waals surface area contributed by atoms with E-state index in [4.69, 9.17) is 0 Å². The van der Waals surface area contributed by atoms with Gasteiger partial charge in [-0.25, -0.2) is 4.99 Å². The predicted octanol–water partition coefficient (Wildman–Crippen LogP) is 3.04. The Morgan fingerprint density at radius 2 is 2.16 bits per heavy atom. The van der Waals surface area contributed by atoms with Gasteiger partial charge in [0, 0.05) is 4.88 Å². The van der Waals surface area contributed by atoms with Crippen molar-refractivity contribution >= 4 is 34.4 Å². The Balaban J connectivity index is 2.06. The Bertz CT molecular complexity index is 612. The maximum absolute atomic E-state index is 12.3. The number of carbonyl (C=O) groups excluding carboxylic acids is 1. The van der Waals surface area contributed by atoms with Crippen LogP contribution in [0.15, 0.2) is 9.98 Å². The third kappa shape index (κ3) is 1.84. The molecule has 0 radical (unpaired) electrons. The second-order valence-corrected chi connectivity index (χ2v) is 6.72. The first-order valence-corrected chi connectivity index (χ1v) is 7.36. The first-order valence-electron chi connectivity index (χ1n) is 6.54. The van der Waals surface area contributed by atoms with Crippen LogP contribution in [0.5, 0.6) is 0 Å². The van der Waals surface area contributed by atoms with Gasteiger partial charge in [0.2, 0.25) is 0 Å². The molecule has 19 heavy (non-hydrogen) atoms. The highest BCUT2D eigenvalue weighted by Gasteiger charge is 2.38. The van der Waals surface area contributed by atoms with Gasteiger partial charge in [-0.1, -0.05) is 13.8 Å². The molecule has 4 nitrogen and oxygen atoms in total. The molecule has 0 saturated heterocycles. The molecule has 3 heterocycles. The minimum absolute atomic E-state index is 0.0568. The molecule has 5 heteroatoms. The zero-order valence-electron chi connectivity index (χ0n) is 11.6. The van der Waals surface area contributed by atoms with Gasteiger partial charge in [-0.2, -0.15) is 0 Å². The van der Waals surface area contributed by atoms with Gasteiger partial charge in [-0.3, -0.25) is 14.7 Å². The van der Waals surface area contributed by atoms with E-state index in [1.54, 1.807) is 22.6 Å². The van der Waals surface area contributed by atoms with Gasteiger partial charge in [-0.05, 0) is 31.7 Å². The molecular weight excluding hydrogens is 258 g/mol. The number of aliphatic imine (C=N–C) groups is 2. The minimum Gasteiger partial charge on any atom is -0.272 e. The number of nitrogens with zero attached hydrogens (tertiary/aromatic N) is 3. The van der Waals surface area contributed by atoms with Crippen molar-refractivity contribution in [2.24, 2.45) is 15.9 Å². The van der Waals surface area contributed by atoms with Crippen molar-refractivity contribution in [2.75, 3.05) is 0 Å². The SMILES string of the molecule is Cc1sc2c(c1C)C1=N[C@@H](CC(C)C)C(=O)N1C=N2. The van der Waals surface area contributed by atoms with Crippen molar-refractivity contribution in [3.05, 3.63) is 16.0 Å². The Morgan fingerprint density at radius 1 is 1.42 bits per heavy atom. The average molecular weight is 275 g/mol. The smallest absolute Gasteiger partial charge is 0.258 e. The van der Waals surface area contributed by atoms with Crippen LogP contribution in [0.4, 0.5) is 5.00 Å². The van der Waals surface area contributed by atoms with E-state index in [2.05, 4.69) is 37.7 Å². The summed E-state index contributed by atoms with van der Waals surface area (Å²) >= 11 is 1.67. The second-order valence-electron chi connectivity index (χ2n) is 5.51. The number of hydrogen-bond acceptors (Lipinski definition) is 4. The Morgan fingerprint density at radius 3 is 2.84 bits per heavy atom. The van der Waals surface area contributed by atoms with Crippen molar-refractivity contribution in [3.63, 3.8) is 0 Å². The number of hydrogen-bond donors (Lipinski definition) is 0. The molecule has 0 N–H and O–H groups in total. The van der Waals surface area contributed by atoms with E-state index in [9.17, 15) is 4.79 Å². The highest BCUT2D eigenvalue weighted by atomic mass is 32.1. The van der Waals surface area contributed by atoms with Crippen molar-refractivity contribution in [2.45, 2.75) is 40.2 Å². The van der Waals surface area contributed by atoms with Crippen LogP contribution in [0, 0.1) is 19.8 Å². The Kier molecular flexibility index (Phi) is 2.82. The maximum atomic E-state index is 12.3. The van der Waals surface area contributed by atoms with E-state index in [1.807, 2.05) is 0 Å². The summed E-state index contributed by atoms with van der Waals surface area (Å²) in [4.78, 5) is 24.2. The monoisotopic (exact) mass is 275 g/mol. The number of amidine groups is 1. The van der Waals surface area contributed by atoms with Crippen LogP contribution in [-0.2, 0) is 4.79 Å². The summed E-state index contributed by atoms with van der Waals surface area (Å²) in [6.45, 7) is 8.39. The lowest BCUT2D eigenvalue weighted by atomic mass is 10.0. The first-order chi connectivity index (χ1) is 8.99. The summed E-state index contributed by atoms with van der Waals surface area (Å²) < 4.78 is 0. The topological polar surface area (TPSA) is 45.0 Å². The standard InChI is InChI=1S/C14H17N3OS/c1-7(2)5-10-14(18)17-6-15-13-11(12(17)16-10)8(3)9(4)19-13/h6-7,10H,5H2,1-4H3/t10-/m0/s1. The highest BCUT2D eigenvalue weighted by molar-refractivity contribution is 7.16. The van der Waals surface area contributed by atoms with E-state index < -0.39 is 0 Å². The largest absolute Gasteiger partial charge is 0.272 e. The molecule has 0 unspecified atom stereocenters. The molecule has 0 fully saturated rings. The minimum atomic E-state index is -0.244. The van der Waals surface area contributed by atoms with Gasteiger partial charge < -0.3 is 0 Å². The summed E-state index contributed by atoms with van der Waals surface area (Å²) in [6, 6.07) is -0.244. The summed E-state index contributed by atoms with van der Waals surface area (Å²) in [7, 11) is 0. The Labute approximate surface area is 116 Å². The quantitative estimate of drug-likeness (QED) is 0.818. The molecule has 0 aliphatic carbocycles. The number of carbonyl (C=O) groups is 1. The van der Waals surface area contributed by atoms with Gasteiger partial charge in [-0.15, -0.1) is 11.3 Å². The summed E-state index contributed by atoms with van der Waals surface area (Å²) in [5.74, 6) is 1.31. The first kappa shape index (κ1) is 12.5. The molecule has 1 aromatic rings. The molecule has 2 aliphatic rings. The van der Waals surface area contributed by atoms with Crippen molar-refractivity contribution in [3.8, 4) is 0 Å². The molecule has 0 aromatic carbocycles. The summed E-state index contributed by atoms with van der Waals surface area (Å²) in [5, 5.41) is 0.975. The van der Waals surface area contributed by atoms with Gasteiger partial charge in [0.25, 0.3) is 5.91 Å². The molecule has 1 amide bonds. The van der Waals surface area contributed by atoms with E-state index in [1.165, 1.54) is 10.4 Å². The molecule has 3 rings (SSSR count). The van der Waals surface area contributed by atoms with Crippen LogP contribution in [0.2, 0.25) is 0 Å². The number of aryl methyl sites for hydroxylation is 1. The molecule has 100 valence electrons. The normalized spacial score (nSPS) is 20.9. The van der Waals surface area contributed by atoms with Gasteiger partial charge in [0.1, 0.15) is 23.2 Å². The lowest BCUT2D eigenvalue weighted by Crippen LogP contribution is -2.36. The maximum Gasteiger partial charge on any atom is 0.258 e. The lowest BCUT2D eigenvalue weighted by molar-refractivity contribution is -0.124. The highest BCUT2D eigenvalue weighted by Crippen LogP contribution is 2.39. The zero-order chi connectivity index (χ0) is 13.7. The fraction of sp³-hybridized carbons (Fsp3) is 0.500. The molecule has 2 aliphatic heterocycles. The van der Waals surface area contributed by atoms with Gasteiger partial charge >= 0.3 is 0 Å². The molecule has 0 bridgehead atoms. The molecule has 1 aromatic heterocycles. The second kappa shape index (κ2) is 4.27. The van der Waals surface area contributed by atoms with E-state index in [-0.39, 0.29) is 11.9 Å². The zero-order valence-corrected chi connectivity index (χ0v) is 12.4. The van der Waals surface area contributed by atoms with E-state index in [0.29, 0.717) is 5.92 Å². The van der Waals surface area contributed by atoms with Crippen LogP contribution >= 0.6 is 11.3 Å². The molecule has 0 saturated carbocycles. The number of fused-ring (bicyclic) bond motifs is 3. The van der Waals surface area contributed by atoms with E-state index in [0.717, 1.165) is 22.8 Å². The van der Waals surface area contributed by atoms with Gasteiger partial charge in [0.05, 0.1) is 5.56 Å². The van der Waals surface area contributed by atoms with Crippen LogP contribution in [0.1, 0.15) is 36.3 Å². The predicted molar refractivity (Wildman–Crippen MR) is 78.6 cm³/mol. The van der Waals surface area contributed by atoms with Crippen molar-refractivity contribution in [1.82, 2.24) is 4.90 Å². The van der Waals surface area contributed by atoms with Crippen molar-refractivity contribution in [1.29, 1.82) is 0 Å². The summed E-state index contributed by atoms with van der Waals surface area (Å²) in [5.41, 5.74) is 2.24. The van der Waals surface area contributed by atoms with Crippen LogP contribution < -0.4 is 0 Å².